The predicted molar refractivity (Wildman–Crippen MR) is 132 cm³/mol. The van der Waals surface area contributed by atoms with Crippen LogP contribution in [-0.2, 0) is 4.74 Å². The normalized spacial score (nSPS) is 11.7. The smallest absolute Gasteiger partial charge is 0.336 e. The van der Waals surface area contributed by atoms with Gasteiger partial charge in [0.1, 0.15) is 5.82 Å². The van der Waals surface area contributed by atoms with E-state index in [-0.39, 0.29) is 29.0 Å². The molecule has 0 aliphatic carbocycles. The van der Waals surface area contributed by atoms with Crippen molar-refractivity contribution in [3.63, 3.8) is 0 Å². The van der Waals surface area contributed by atoms with Crippen molar-refractivity contribution in [2.24, 2.45) is 0 Å². The summed E-state index contributed by atoms with van der Waals surface area (Å²) in [6.07, 6.45) is 3.12. The number of imidazole rings is 1. The minimum absolute atomic E-state index is 0.0465. The van der Waals surface area contributed by atoms with Crippen molar-refractivity contribution >= 4 is 45.7 Å². The first-order chi connectivity index (χ1) is 16.8. The molecule has 0 saturated heterocycles. The number of carboxylic acids is 1. The van der Waals surface area contributed by atoms with Crippen molar-refractivity contribution in [2.45, 2.75) is 0 Å². The Morgan fingerprint density at radius 2 is 2.03 bits per heavy atom. The van der Waals surface area contributed by atoms with Gasteiger partial charge in [-0.3, -0.25) is 4.79 Å². The van der Waals surface area contributed by atoms with Crippen molar-refractivity contribution in [1.29, 1.82) is 0 Å². The number of hydrogen-bond acceptors (Lipinski definition) is 5. The Kier molecular flexibility index (Phi) is 8.40. The molecule has 3 rings (SSSR count). The van der Waals surface area contributed by atoms with Gasteiger partial charge in [-0.2, -0.15) is 0 Å². The summed E-state index contributed by atoms with van der Waals surface area (Å²) in [5, 5.41) is 12.5. The van der Waals surface area contributed by atoms with Crippen molar-refractivity contribution < 1.29 is 28.6 Å². The van der Waals surface area contributed by atoms with E-state index in [9.17, 15) is 19.1 Å². The Labute approximate surface area is 205 Å². The van der Waals surface area contributed by atoms with Crippen LogP contribution in [0.2, 0.25) is 0 Å². The molecule has 0 radical (unpaired) electrons. The summed E-state index contributed by atoms with van der Waals surface area (Å²) in [5.41, 5.74) is 3.15. The summed E-state index contributed by atoms with van der Waals surface area (Å²) < 4.78 is 24.1. The van der Waals surface area contributed by atoms with Gasteiger partial charge in [0.2, 0.25) is 0 Å². The van der Waals surface area contributed by atoms with Crippen molar-refractivity contribution in [3.8, 4) is 5.75 Å². The number of carbonyl (C=O) groups is 2. The molecule has 0 bridgehead atoms. The molecular formula is C25H23ClFN3O5. The Hall–Kier alpha value is -3.95. The zero-order valence-corrected chi connectivity index (χ0v) is 19.8. The van der Waals surface area contributed by atoms with E-state index in [0.717, 1.165) is 0 Å². The lowest BCUT2D eigenvalue weighted by atomic mass is 9.92. The van der Waals surface area contributed by atoms with E-state index in [1.165, 1.54) is 56.2 Å². The lowest BCUT2D eigenvalue weighted by molar-refractivity contribution is 0.0696. The Morgan fingerprint density at radius 1 is 1.26 bits per heavy atom. The van der Waals surface area contributed by atoms with Crippen LogP contribution in [0, 0.1) is 5.82 Å². The van der Waals surface area contributed by atoms with Gasteiger partial charge >= 0.3 is 5.97 Å². The number of hydrogen-bond donors (Lipinski definition) is 3. The highest BCUT2D eigenvalue weighted by Gasteiger charge is 2.21. The van der Waals surface area contributed by atoms with E-state index >= 15 is 0 Å². The van der Waals surface area contributed by atoms with Crippen LogP contribution in [0.5, 0.6) is 5.75 Å². The number of fused-ring (bicyclic) bond motifs is 1. The summed E-state index contributed by atoms with van der Waals surface area (Å²) in [6, 6.07) is 6.98. The summed E-state index contributed by atoms with van der Waals surface area (Å²) in [5.74, 6) is -1.89. The van der Waals surface area contributed by atoms with Crippen LogP contribution in [0.15, 0.2) is 54.6 Å². The number of nitrogens with one attached hydrogen (secondary N) is 2. The SMILES string of the molecule is C=C(/C(=C\C=C/Cl)c1nc2cc(F)c(OC)cc2[nH]1)c1ccc(C(=O)NCCOC)cc1C(=O)O. The number of aromatic amines is 1. The van der Waals surface area contributed by atoms with Gasteiger partial charge in [-0.15, -0.1) is 0 Å². The molecule has 1 aromatic heterocycles. The fourth-order valence-electron chi connectivity index (χ4n) is 3.39. The number of methoxy groups -OCH3 is 2. The number of carboxylic acid groups (broad SMARTS) is 1. The number of benzene rings is 2. The number of rotatable bonds is 10. The number of ether oxygens (including phenoxy) is 2. The second-order valence-electron chi connectivity index (χ2n) is 7.28. The number of H-pyrrole nitrogens is 1. The molecule has 35 heavy (non-hydrogen) atoms. The molecule has 2 aromatic carbocycles. The number of carbonyl (C=O) groups excluding carboxylic acids is 1. The monoisotopic (exact) mass is 499 g/mol. The molecule has 0 atom stereocenters. The second-order valence-corrected chi connectivity index (χ2v) is 7.53. The highest BCUT2D eigenvalue weighted by atomic mass is 35.5. The fraction of sp³-hybridized carbons (Fsp3) is 0.160. The highest BCUT2D eigenvalue weighted by molar-refractivity contribution is 6.25. The third kappa shape index (κ3) is 5.76. The predicted octanol–water partition coefficient (Wildman–Crippen LogP) is 4.63. The standard InChI is InChI=1S/C25H23ClFN3O5/c1-14(16-7-6-15(11-18(16)25(32)33)24(31)28-9-10-34-2)17(5-4-8-26)23-29-20-12-19(27)22(35-3)13-21(20)30-23/h4-8,11-13H,1,9-10H2,2-3H3,(H,28,31)(H,29,30)(H,32,33)/b8-4-,17-5+. The molecule has 0 fully saturated rings. The third-order valence-electron chi connectivity index (χ3n) is 5.10. The first kappa shape index (κ1) is 25.7. The molecule has 0 aliphatic rings. The molecular weight excluding hydrogens is 477 g/mol. The number of nitrogens with zero attached hydrogens (tertiary/aromatic N) is 1. The average molecular weight is 500 g/mol. The maximum absolute atomic E-state index is 14.2. The van der Waals surface area contributed by atoms with Gasteiger partial charge < -0.3 is 24.9 Å². The molecule has 0 unspecified atom stereocenters. The van der Waals surface area contributed by atoms with Gasteiger partial charge in [-0.1, -0.05) is 30.3 Å². The number of halogens is 2. The lowest BCUT2D eigenvalue weighted by Crippen LogP contribution is -2.27. The van der Waals surface area contributed by atoms with Crippen LogP contribution in [-0.4, -0.2) is 54.3 Å². The summed E-state index contributed by atoms with van der Waals surface area (Å²) in [6.45, 7) is 4.67. The molecule has 1 heterocycles. The average Bonchev–Trinajstić information content (AvgIpc) is 3.25. The van der Waals surface area contributed by atoms with E-state index < -0.39 is 17.7 Å². The number of aromatic carboxylic acids is 1. The molecule has 0 spiro atoms. The van der Waals surface area contributed by atoms with Gasteiger partial charge in [0, 0.05) is 42.5 Å². The van der Waals surface area contributed by atoms with Crippen LogP contribution in [0.4, 0.5) is 4.39 Å². The van der Waals surface area contributed by atoms with Gasteiger partial charge in [-0.25, -0.2) is 14.2 Å². The molecule has 0 aliphatic heterocycles. The fourth-order valence-corrected chi connectivity index (χ4v) is 3.46. The minimum atomic E-state index is -1.24. The number of allylic oxidation sites excluding steroid dienone is 4. The molecule has 3 aromatic rings. The number of aromatic nitrogens is 2. The lowest BCUT2D eigenvalue weighted by Gasteiger charge is -2.13. The molecule has 8 nitrogen and oxygen atoms in total. The van der Waals surface area contributed by atoms with Crippen LogP contribution in [0.25, 0.3) is 22.2 Å². The topological polar surface area (TPSA) is 114 Å². The van der Waals surface area contributed by atoms with Crippen molar-refractivity contribution in [3.05, 3.63) is 82.9 Å². The maximum Gasteiger partial charge on any atom is 0.336 e. The number of amides is 1. The largest absolute Gasteiger partial charge is 0.494 e. The van der Waals surface area contributed by atoms with Gasteiger partial charge in [0.15, 0.2) is 11.6 Å². The Balaban J connectivity index is 2.05. The van der Waals surface area contributed by atoms with E-state index in [1.807, 2.05) is 0 Å². The van der Waals surface area contributed by atoms with Crippen LogP contribution in [0.1, 0.15) is 32.1 Å². The molecule has 182 valence electrons. The van der Waals surface area contributed by atoms with Crippen LogP contribution >= 0.6 is 11.6 Å². The second kappa shape index (κ2) is 11.5. The zero-order valence-electron chi connectivity index (χ0n) is 19.0. The quantitative estimate of drug-likeness (QED) is 0.277. The first-order valence-corrected chi connectivity index (χ1v) is 10.8. The minimum Gasteiger partial charge on any atom is -0.494 e. The summed E-state index contributed by atoms with van der Waals surface area (Å²) in [4.78, 5) is 31.9. The van der Waals surface area contributed by atoms with Gasteiger partial charge in [-0.05, 0) is 29.3 Å². The molecule has 1 amide bonds. The summed E-state index contributed by atoms with van der Waals surface area (Å²) >= 11 is 5.71. The van der Waals surface area contributed by atoms with Gasteiger partial charge in [0.05, 0.1) is 30.3 Å². The van der Waals surface area contributed by atoms with Crippen molar-refractivity contribution in [1.82, 2.24) is 15.3 Å². The van der Waals surface area contributed by atoms with E-state index in [0.29, 0.717) is 34.6 Å². The van der Waals surface area contributed by atoms with Crippen molar-refractivity contribution in [2.75, 3.05) is 27.4 Å². The Morgan fingerprint density at radius 3 is 2.69 bits per heavy atom. The van der Waals surface area contributed by atoms with E-state index in [1.54, 1.807) is 6.08 Å². The van der Waals surface area contributed by atoms with Crippen LogP contribution < -0.4 is 10.1 Å². The first-order valence-electron chi connectivity index (χ1n) is 10.4. The van der Waals surface area contributed by atoms with E-state index in [2.05, 4.69) is 21.9 Å². The zero-order chi connectivity index (χ0) is 25.5. The highest BCUT2D eigenvalue weighted by Crippen LogP contribution is 2.33. The molecule has 10 heteroatoms. The third-order valence-corrected chi connectivity index (χ3v) is 5.25. The maximum atomic E-state index is 14.2. The summed E-state index contributed by atoms with van der Waals surface area (Å²) in [7, 11) is 2.86. The van der Waals surface area contributed by atoms with Crippen LogP contribution in [0.3, 0.4) is 0 Å². The molecule has 0 saturated carbocycles. The van der Waals surface area contributed by atoms with Gasteiger partial charge in [0.25, 0.3) is 5.91 Å². The molecule has 3 N–H and O–H groups in total. The Bertz CT molecular complexity index is 1350. The van der Waals surface area contributed by atoms with E-state index in [4.69, 9.17) is 21.1 Å².